The predicted molar refractivity (Wildman–Crippen MR) is 142 cm³/mol. The van der Waals surface area contributed by atoms with Gasteiger partial charge in [0.2, 0.25) is 11.6 Å². The van der Waals surface area contributed by atoms with Crippen LogP contribution in [0.4, 0.5) is 0 Å². The molecule has 5 N–H and O–H groups in total. The number of carbonyl (C=O) groups excluding carboxylic acids is 2. The second-order valence-corrected chi connectivity index (χ2v) is 9.83. The zero-order valence-electron chi connectivity index (χ0n) is 20.7. The number of carbonyl (C=O) groups is 2. The van der Waals surface area contributed by atoms with Crippen LogP contribution in [0.2, 0.25) is 0 Å². The van der Waals surface area contributed by atoms with Crippen LogP contribution in [0, 0.1) is 6.92 Å². The minimum absolute atomic E-state index is 0.0242. The highest BCUT2D eigenvalue weighted by atomic mass is 32.1. The Morgan fingerprint density at radius 3 is 2.11 bits per heavy atom. The topological polar surface area (TPSA) is 116 Å². The number of nitrogens with two attached hydrogens (primary N) is 2. The van der Waals surface area contributed by atoms with E-state index in [9.17, 15) is 14.7 Å². The Morgan fingerprint density at radius 1 is 0.971 bits per heavy atom. The molecule has 0 spiro atoms. The third kappa shape index (κ3) is 6.01. The lowest BCUT2D eigenvalue weighted by Gasteiger charge is -2.32. The third-order valence-electron chi connectivity index (χ3n) is 6.73. The highest BCUT2D eigenvalue weighted by Crippen LogP contribution is 2.44. The summed E-state index contributed by atoms with van der Waals surface area (Å²) in [6.45, 7) is 4.15. The van der Waals surface area contributed by atoms with Crippen molar-refractivity contribution >= 4 is 28.8 Å². The van der Waals surface area contributed by atoms with Crippen molar-refractivity contribution in [2.75, 3.05) is 0 Å². The van der Waals surface area contributed by atoms with Crippen molar-refractivity contribution in [2.45, 2.75) is 84.0 Å². The highest BCUT2D eigenvalue weighted by molar-refractivity contribution is 7.80. The zero-order chi connectivity index (χ0) is 25.5. The van der Waals surface area contributed by atoms with Crippen molar-refractivity contribution in [2.24, 2.45) is 11.5 Å². The van der Waals surface area contributed by atoms with Gasteiger partial charge in [-0.2, -0.15) is 0 Å². The van der Waals surface area contributed by atoms with E-state index >= 15 is 0 Å². The molecule has 6 nitrogen and oxygen atoms in total. The fraction of sp³-hybridized carbons (Fsp3) is 0.464. The van der Waals surface area contributed by atoms with E-state index in [1.54, 1.807) is 0 Å². The van der Waals surface area contributed by atoms with Crippen molar-refractivity contribution in [3.8, 4) is 0 Å². The smallest absolute Gasteiger partial charge is 0.228 e. The number of rotatable bonds is 12. The lowest BCUT2D eigenvalue weighted by molar-refractivity contribution is -0.120. The fourth-order valence-electron chi connectivity index (χ4n) is 4.75. The van der Waals surface area contributed by atoms with Crippen molar-refractivity contribution in [1.82, 2.24) is 0 Å². The highest BCUT2D eigenvalue weighted by Gasteiger charge is 2.45. The maximum absolute atomic E-state index is 13.4. The van der Waals surface area contributed by atoms with Gasteiger partial charge >= 0.3 is 0 Å². The molecule has 35 heavy (non-hydrogen) atoms. The Bertz CT molecular complexity index is 1080. The molecule has 1 heterocycles. The molecule has 7 heteroatoms. The van der Waals surface area contributed by atoms with E-state index in [0.29, 0.717) is 18.4 Å². The van der Waals surface area contributed by atoms with Crippen LogP contribution in [0.3, 0.4) is 0 Å². The summed E-state index contributed by atoms with van der Waals surface area (Å²) in [4.78, 5) is 26.7. The van der Waals surface area contributed by atoms with E-state index in [-0.39, 0.29) is 33.4 Å². The Labute approximate surface area is 213 Å². The molecule has 0 amide bonds. The minimum atomic E-state index is -0.787. The van der Waals surface area contributed by atoms with E-state index < -0.39 is 23.2 Å². The molecule has 0 fully saturated rings. The molecule has 2 aliphatic rings. The molecular formula is C28H36N2O4S. The monoisotopic (exact) mass is 496 g/mol. The molecule has 1 aromatic carbocycles. The normalized spacial score (nSPS) is 18.2. The lowest BCUT2D eigenvalue weighted by Crippen LogP contribution is -2.36. The Morgan fingerprint density at radius 2 is 1.54 bits per heavy atom. The molecule has 1 aliphatic carbocycles. The molecule has 0 radical (unpaired) electrons. The number of hydrogen-bond acceptors (Lipinski definition) is 6. The second-order valence-electron chi connectivity index (χ2n) is 9.39. The van der Waals surface area contributed by atoms with Gasteiger partial charge in [0.1, 0.15) is 4.99 Å². The number of hydrogen-bond donors (Lipinski definition) is 3. The number of allylic oxidation sites excluding steroid dienone is 2. The zero-order valence-corrected chi connectivity index (χ0v) is 21.5. The molecule has 0 bridgehead atoms. The first-order valence-corrected chi connectivity index (χ1v) is 13.0. The summed E-state index contributed by atoms with van der Waals surface area (Å²) < 4.78 is 5.65. The van der Waals surface area contributed by atoms with Gasteiger partial charge in [0.05, 0.1) is 17.1 Å². The van der Waals surface area contributed by atoms with Crippen LogP contribution in [-0.2, 0) is 14.3 Å². The number of aliphatic hydroxyl groups is 1. The first-order chi connectivity index (χ1) is 16.8. The number of ether oxygens (including phenoxy) is 1. The number of ketones is 2. The molecule has 1 aliphatic heterocycles. The molecule has 3 rings (SSSR count). The Balaban J connectivity index is 1.76. The molecule has 0 saturated carbocycles. The Kier molecular flexibility index (Phi) is 9.26. The molecule has 0 saturated heterocycles. The fourth-order valence-corrected chi connectivity index (χ4v) is 4.97. The summed E-state index contributed by atoms with van der Waals surface area (Å²) in [7, 11) is 0. The largest absolute Gasteiger partial charge is 0.504 e. The van der Waals surface area contributed by atoms with E-state index in [1.807, 2.05) is 31.2 Å². The minimum Gasteiger partial charge on any atom is -0.504 e. The predicted octanol–water partition coefficient (Wildman–Crippen LogP) is 5.70. The summed E-state index contributed by atoms with van der Waals surface area (Å²) >= 11 is 5.20. The lowest BCUT2D eigenvalue weighted by atomic mass is 9.76. The van der Waals surface area contributed by atoms with Crippen molar-refractivity contribution in [3.63, 3.8) is 0 Å². The first kappa shape index (κ1) is 26.7. The molecule has 1 aromatic rings. The summed E-state index contributed by atoms with van der Waals surface area (Å²) in [5.41, 5.74) is 14.2. The van der Waals surface area contributed by atoms with Crippen LogP contribution in [0.1, 0.15) is 88.2 Å². The number of Topliss-reactive ketones (excluding diaryl/α,β-unsaturated/α-hetero) is 2. The number of aliphatic hydroxyl groups excluding tert-OH is 1. The number of unbranched alkanes of at least 4 members (excludes halogenated alkanes) is 8. The summed E-state index contributed by atoms with van der Waals surface area (Å²) in [5, 5.41) is 10.8. The second kappa shape index (κ2) is 12.2. The summed E-state index contributed by atoms with van der Waals surface area (Å²) in [6.07, 6.45) is 10.4. The van der Waals surface area contributed by atoms with Gasteiger partial charge in [-0.15, -0.1) is 0 Å². The van der Waals surface area contributed by atoms with Crippen LogP contribution in [-0.4, -0.2) is 21.7 Å². The van der Waals surface area contributed by atoms with Gasteiger partial charge < -0.3 is 21.3 Å². The third-order valence-corrected chi connectivity index (χ3v) is 6.95. The van der Waals surface area contributed by atoms with E-state index in [4.69, 9.17) is 28.4 Å². The summed E-state index contributed by atoms with van der Waals surface area (Å²) in [5.74, 6) is -2.67. The molecule has 1 atom stereocenters. The molecular weight excluding hydrogens is 460 g/mol. The maximum Gasteiger partial charge on any atom is 0.228 e. The number of benzene rings is 1. The summed E-state index contributed by atoms with van der Waals surface area (Å²) in [6, 6.07) is 7.44. The van der Waals surface area contributed by atoms with Crippen LogP contribution in [0.5, 0.6) is 0 Å². The Hall–Kier alpha value is -2.93. The maximum atomic E-state index is 13.4. The number of aryl methyl sites for hydroxylation is 1. The SMILES string of the molecule is CCCCCCCCCCCC1=C(O)C(=O)C2=C(OC(N)=C(C(N)=S)C2c2ccc(C)cc2)C1=O. The van der Waals surface area contributed by atoms with Gasteiger partial charge in [-0.05, 0) is 25.3 Å². The van der Waals surface area contributed by atoms with E-state index in [2.05, 4.69) is 6.92 Å². The molecule has 0 aromatic heterocycles. The van der Waals surface area contributed by atoms with Crippen LogP contribution in [0.25, 0.3) is 0 Å². The van der Waals surface area contributed by atoms with Gasteiger partial charge in [-0.25, -0.2) is 0 Å². The quantitative estimate of drug-likeness (QED) is 0.193. The van der Waals surface area contributed by atoms with E-state index in [0.717, 1.165) is 24.8 Å². The van der Waals surface area contributed by atoms with Crippen molar-refractivity contribution < 1.29 is 19.4 Å². The molecule has 1 unspecified atom stereocenters. The van der Waals surface area contributed by atoms with Gasteiger partial charge in [-0.3, -0.25) is 9.59 Å². The number of thiocarbonyl (C=S) groups is 1. The van der Waals surface area contributed by atoms with Crippen molar-refractivity contribution in [1.29, 1.82) is 0 Å². The van der Waals surface area contributed by atoms with Crippen LogP contribution < -0.4 is 11.5 Å². The standard InChI is InChI=1S/C28H36N2O4S/c1-3-4-5-6-7-8-9-10-11-12-19-23(31)25(33)21-20(18-15-13-17(2)14-16-18)22(28(30)35)27(29)34-26(21)24(19)32/h13-16,20,31H,3-12,29H2,1-2H3,(H2,30,35). The van der Waals surface area contributed by atoms with Gasteiger partial charge in [0.15, 0.2) is 17.4 Å². The first-order valence-electron chi connectivity index (χ1n) is 12.6. The van der Waals surface area contributed by atoms with Crippen LogP contribution >= 0.6 is 12.2 Å². The van der Waals surface area contributed by atoms with Gasteiger partial charge in [0.25, 0.3) is 0 Å². The van der Waals surface area contributed by atoms with Gasteiger partial charge in [-0.1, -0.05) is 100 Å². The average molecular weight is 497 g/mol. The molecule has 188 valence electrons. The van der Waals surface area contributed by atoms with Crippen LogP contribution in [0.15, 0.2) is 58.4 Å². The van der Waals surface area contributed by atoms with E-state index in [1.165, 1.54) is 32.1 Å². The van der Waals surface area contributed by atoms with Crippen molar-refractivity contribution in [3.05, 3.63) is 69.5 Å². The average Bonchev–Trinajstić information content (AvgIpc) is 2.83. The van der Waals surface area contributed by atoms with Gasteiger partial charge in [0, 0.05) is 5.57 Å².